The van der Waals surface area contributed by atoms with Crippen molar-refractivity contribution in [2.24, 2.45) is 0 Å². The van der Waals surface area contributed by atoms with Crippen molar-refractivity contribution in [3.63, 3.8) is 0 Å². The van der Waals surface area contributed by atoms with Crippen molar-refractivity contribution in [3.05, 3.63) is 28.3 Å². The molecule has 0 aromatic heterocycles. The molecule has 1 aromatic carbocycles. The molecule has 0 amide bonds. The van der Waals surface area contributed by atoms with E-state index in [9.17, 15) is 18.5 Å². The summed E-state index contributed by atoms with van der Waals surface area (Å²) in [5, 5.41) is 13.6. The van der Waals surface area contributed by atoms with Gasteiger partial charge in [0.05, 0.1) is 18.1 Å². The Morgan fingerprint density at radius 3 is 2.52 bits per heavy atom. The molecule has 0 heterocycles. The molecule has 0 atom stereocenters. The van der Waals surface area contributed by atoms with Gasteiger partial charge in [0.2, 0.25) is 10.0 Å². The average Bonchev–Trinajstić information content (AvgIpc) is 2.42. The summed E-state index contributed by atoms with van der Waals surface area (Å²) >= 11 is 0. The van der Waals surface area contributed by atoms with Gasteiger partial charge in [-0.3, -0.25) is 10.1 Å². The lowest BCUT2D eigenvalue weighted by atomic mass is 10.3. The molecule has 8 nitrogen and oxygen atoms in total. The zero-order valence-electron chi connectivity index (χ0n) is 11.7. The summed E-state index contributed by atoms with van der Waals surface area (Å²) in [5.41, 5.74) is -0.226. The number of nitro groups is 1. The van der Waals surface area contributed by atoms with Gasteiger partial charge in [0.15, 0.2) is 0 Å². The van der Waals surface area contributed by atoms with Crippen molar-refractivity contribution in [3.8, 4) is 5.75 Å². The molecule has 0 bridgehead atoms. The highest BCUT2D eigenvalue weighted by molar-refractivity contribution is 7.89. The van der Waals surface area contributed by atoms with Crippen molar-refractivity contribution < 1.29 is 18.1 Å². The fourth-order valence-electron chi connectivity index (χ4n) is 1.54. The van der Waals surface area contributed by atoms with Crippen LogP contribution >= 0.6 is 12.4 Å². The summed E-state index contributed by atoms with van der Waals surface area (Å²) in [6.07, 6.45) is 0.630. The maximum absolute atomic E-state index is 12.1. The lowest BCUT2D eigenvalue weighted by molar-refractivity contribution is -0.385. The first-order valence-electron chi connectivity index (χ1n) is 5.89. The van der Waals surface area contributed by atoms with E-state index < -0.39 is 14.9 Å². The van der Waals surface area contributed by atoms with E-state index in [2.05, 4.69) is 10.0 Å². The van der Waals surface area contributed by atoms with Gasteiger partial charge >= 0.3 is 0 Å². The van der Waals surface area contributed by atoms with E-state index in [1.165, 1.54) is 7.11 Å². The smallest absolute Gasteiger partial charge is 0.273 e. The Morgan fingerprint density at radius 2 is 2.00 bits per heavy atom. The predicted molar refractivity (Wildman–Crippen MR) is 80.6 cm³/mol. The highest BCUT2D eigenvalue weighted by atomic mass is 35.5. The number of hydrogen-bond acceptors (Lipinski definition) is 6. The van der Waals surface area contributed by atoms with Crippen molar-refractivity contribution in [2.75, 3.05) is 27.2 Å². The van der Waals surface area contributed by atoms with E-state index >= 15 is 0 Å². The first-order valence-corrected chi connectivity index (χ1v) is 7.37. The molecule has 120 valence electrons. The molecule has 21 heavy (non-hydrogen) atoms. The van der Waals surface area contributed by atoms with Gasteiger partial charge in [-0.15, -0.1) is 12.4 Å². The summed E-state index contributed by atoms with van der Waals surface area (Å²) in [6.45, 7) is 0.948. The van der Waals surface area contributed by atoms with Crippen LogP contribution in [0.15, 0.2) is 23.1 Å². The standard InChI is InChI=1S/C11H17N3O5S.ClH/c1-12-6-3-7-13-20(17,18)11-5-4-9(14(15)16)8-10(11)19-2;/h4-5,8,12-13H,3,6-7H2,1-2H3;1H. The number of benzene rings is 1. The maximum atomic E-state index is 12.1. The van der Waals surface area contributed by atoms with Crippen molar-refractivity contribution in [2.45, 2.75) is 11.3 Å². The van der Waals surface area contributed by atoms with Gasteiger partial charge in [-0.2, -0.15) is 0 Å². The van der Waals surface area contributed by atoms with Crippen LogP contribution in [0.2, 0.25) is 0 Å². The third-order valence-electron chi connectivity index (χ3n) is 2.54. The Hall–Kier alpha value is -1.42. The molecule has 1 aromatic rings. The van der Waals surface area contributed by atoms with E-state index in [-0.39, 0.29) is 35.3 Å². The molecule has 0 fully saturated rings. The largest absolute Gasteiger partial charge is 0.495 e. The Morgan fingerprint density at radius 1 is 1.33 bits per heavy atom. The molecule has 10 heteroatoms. The first kappa shape index (κ1) is 19.6. The molecule has 0 unspecified atom stereocenters. The zero-order valence-corrected chi connectivity index (χ0v) is 13.3. The summed E-state index contributed by atoms with van der Waals surface area (Å²) in [5.74, 6) is -0.0553. The van der Waals surface area contributed by atoms with Gasteiger partial charge in [0, 0.05) is 12.6 Å². The Bertz CT molecular complexity index is 579. The minimum Gasteiger partial charge on any atom is -0.495 e. The van der Waals surface area contributed by atoms with E-state index in [0.29, 0.717) is 13.0 Å². The average molecular weight is 340 g/mol. The van der Waals surface area contributed by atoms with E-state index in [4.69, 9.17) is 4.74 Å². The van der Waals surface area contributed by atoms with Gasteiger partial charge in [0.1, 0.15) is 10.6 Å². The first-order chi connectivity index (χ1) is 9.42. The second-order valence-corrected chi connectivity index (χ2v) is 5.68. The van der Waals surface area contributed by atoms with Crippen molar-refractivity contribution in [1.82, 2.24) is 10.0 Å². The van der Waals surface area contributed by atoms with Crippen LogP contribution in [-0.2, 0) is 10.0 Å². The molecule has 2 N–H and O–H groups in total. The van der Waals surface area contributed by atoms with Gasteiger partial charge in [0.25, 0.3) is 5.69 Å². The number of ether oxygens (including phenoxy) is 1. The molecule has 0 spiro atoms. The van der Waals surface area contributed by atoms with Gasteiger partial charge in [-0.25, -0.2) is 13.1 Å². The SMILES string of the molecule is CNCCCNS(=O)(=O)c1ccc([N+](=O)[O-])cc1OC.Cl. The van der Waals surface area contributed by atoms with Crippen molar-refractivity contribution >= 4 is 28.1 Å². The second-order valence-electron chi connectivity index (χ2n) is 3.95. The summed E-state index contributed by atoms with van der Waals surface area (Å²) in [7, 11) is -0.717. The summed E-state index contributed by atoms with van der Waals surface area (Å²) in [4.78, 5) is 9.92. The molecule has 0 aliphatic rings. The quantitative estimate of drug-likeness (QED) is 0.414. The van der Waals surface area contributed by atoms with Crippen LogP contribution in [0.3, 0.4) is 0 Å². The van der Waals surface area contributed by atoms with Crippen molar-refractivity contribution in [1.29, 1.82) is 0 Å². The molecule has 0 aliphatic heterocycles. The molecule has 0 radical (unpaired) electrons. The third-order valence-corrected chi connectivity index (χ3v) is 4.04. The maximum Gasteiger partial charge on any atom is 0.273 e. The van der Waals surface area contributed by atoms with Crippen LogP contribution in [0.5, 0.6) is 5.75 Å². The summed E-state index contributed by atoms with van der Waals surface area (Å²) < 4.78 is 31.5. The molecular weight excluding hydrogens is 322 g/mol. The molecule has 0 saturated carbocycles. The minimum atomic E-state index is -3.75. The minimum absolute atomic E-state index is 0. The molecule has 0 aliphatic carbocycles. The number of nitro benzene ring substituents is 1. The normalized spacial score (nSPS) is 10.8. The number of nitrogens with zero attached hydrogens (tertiary/aromatic N) is 1. The molecular formula is C11H18ClN3O5S. The fourth-order valence-corrected chi connectivity index (χ4v) is 2.76. The van der Waals surface area contributed by atoms with Crippen LogP contribution in [0.4, 0.5) is 5.69 Å². The number of sulfonamides is 1. The third kappa shape index (κ3) is 5.46. The summed E-state index contributed by atoms with van der Waals surface area (Å²) in [6, 6.07) is 3.38. The Labute approximate surface area is 129 Å². The number of rotatable bonds is 8. The lowest BCUT2D eigenvalue weighted by Crippen LogP contribution is -2.27. The van der Waals surface area contributed by atoms with Gasteiger partial charge < -0.3 is 10.1 Å². The highest BCUT2D eigenvalue weighted by Gasteiger charge is 2.21. The molecule has 1 rings (SSSR count). The number of hydrogen-bond donors (Lipinski definition) is 2. The number of nitrogens with one attached hydrogen (secondary N) is 2. The van der Waals surface area contributed by atoms with E-state index in [1.807, 2.05) is 0 Å². The van der Waals surface area contributed by atoms with Crippen LogP contribution in [0, 0.1) is 10.1 Å². The Balaban J connectivity index is 0.00000400. The number of non-ortho nitro benzene ring substituents is 1. The van der Waals surface area contributed by atoms with Crippen LogP contribution in [0.1, 0.15) is 6.42 Å². The number of halogens is 1. The predicted octanol–water partition coefficient (Wildman–Crippen LogP) is 0.913. The number of methoxy groups -OCH3 is 1. The highest BCUT2D eigenvalue weighted by Crippen LogP contribution is 2.28. The topological polar surface area (TPSA) is 111 Å². The van der Waals surface area contributed by atoms with Crippen LogP contribution in [-0.4, -0.2) is 40.6 Å². The van der Waals surface area contributed by atoms with Crippen LogP contribution < -0.4 is 14.8 Å². The van der Waals surface area contributed by atoms with Gasteiger partial charge in [-0.05, 0) is 26.1 Å². The second kappa shape index (κ2) is 8.78. The zero-order chi connectivity index (χ0) is 15.2. The molecule has 0 saturated heterocycles. The van der Waals surface area contributed by atoms with Crippen LogP contribution in [0.25, 0.3) is 0 Å². The fraction of sp³-hybridized carbons (Fsp3) is 0.455. The van der Waals surface area contributed by atoms with E-state index in [0.717, 1.165) is 18.2 Å². The Kier molecular flexibility index (Phi) is 8.18. The van der Waals surface area contributed by atoms with Gasteiger partial charge in [-0.1, -0.05) is 0 Å². The van der Waals surface area contributed by atoms with E-state index in [1.54, 1.807) is 7.05 Å². The monoisotopic (exact) mass is 339 g/mol. The lowest BCUT2D eigenvalue weighted by Gasteiger charge is -2.10.